The van der Waals surface area contributed by atoms with Crippen LogP contribution in [0.5, 0.6) is 0 Å². The van der Waals surface area contributed by atoms with Gasteiger partial charge in [0.2, 0.25) is 11.8 Å². The zero-order valence-electron chi connectivity index (χ0n) is 14.4. The van der Waals surface area contributed by atoms with E-state index in [1.165, 1.54) is 0 Å². The van der Waals surface area contributed by atoms with E-state index in [1.807, 2.05) is 56.3 Å². The Morgan fingerprint density at radius 2 is 2.04 bits per heavy atom. The summed E-state index contributed by atoms with van der Waals surface area (Å²) in [5.74, 6) is 1.05. The second-order valence-corrected chi connectivity index (χ2v) is 6.22. The van der Waals surface area contributed by atoms with Crippen LogP contribution in [-0.4, -0.2) is 36.0 Å². The molecule has 1 fully saturated rings. The van der Waals surface area contributed by atoms with Gasteiger partial charge in [0.25, 0.3) is 0 Å². The highest BCUT2D eigenvalue weighted by atomic mass is 16.5. The predicted molar refractivity (Wildman–Crippen MR) is 91.6 cm³/mol. The zero-order chi connectivity index (χ0) is 17.8. The third-order valence-corrected chi connectivity index (χ3v) is 4.24. The topological polar surface area (TPSA) is 71.8 Å². The van der Waals surface area contributed by atoms with Crippen LogP contribution in [0.2, 0.25) is 0 Å². The summed E-state index contributed by atoms with van der Waals surface area (Å²) in [7, 11) is 0. The molecule has 6 heteroatoms. The van der Waals surface area contributed by atoms with E-state index < -0.39 is 6.04 Å². The van der Waals surface area contributed by atoms with Gasteiger partial charge in [0.1, 0.15) is 24.2 Å². The molecule has 1 aliphatic rings. The molecule has 1 N–H and O–H groups in total. The highest BCUT2D eigenvalue weighted by Crippen LogP contribution is 2.18. The molecule has 0 radical (unpaired) electrons. The lowest BCUT2D eigenvalue weighted by molar-refractivity contribution is -0.155. The molecule has 132 valence electrons. The summed E-state index contributed by atoms with van der Waals surface area (Å²) < 4.78 is 10.8. The van der Waals surface area contributed by atoms with Crippen LogP contribution in [0.4, 0.5) is 0 Å². The van der Waals surface area contributed by atoms with Crippen LogP contribution in [0.25, 0.3) is 0 Å². The van der Waals surface area contributed by atoms with Crippen LogP contribution >= 0.6 is 0 Å². The fourth-order valence-electron chi connectivity index (χ4n) is 2.87. The Kier molecular flexibility index (Phi) is 5.19. The van der Waals surface area contributed by atoms with Crippen molar-refractivity contribution in [3.63, 3.8) is 0 Å². The van der Waals surface area contributed by atoms with Crippen molar-refractivity contribution >= 4 is 11.8 Å². The second kappa shape index (κ2) is 7.53. The summed E-state index contributed by atoms with van der Waals surface area (Å²) in [6.45, 7) is 4.28. The molecule has 0 bridgehead atoms. The summed E-state index contributed by atoms with van der Waals surface area (Å²) in [6, 6.07) is 12.4. The number of hydrogen-bond acceptors (Lipinski definition) is 4. The van der Waals surface area contributed by atoms with Gasteiger partial charge in [-0.15, -0.1) is 0 Å². The highest BCUT2D eigenvalue weighted by Gasteiger charge is 2.34. The Balaban J connectivity index is 1.71. The SMILES string of the molecule is Cc1ccc([C@H](C)NC(=O)[C@H]2COCC(=O)N2Cc2ccccc2)o1. The smallest absolute Gasteiger partial charge is 0.249 e. The van der Waals surface area contributed by atoms with Crippen molar-refractivity contribution in [3.8, 4) is 0 Å². The van der Waals surface area contributed by atoms with Gasteiger partial charge in [-0.2, -0.15) is 0 Å². The summed E-state index contributed by atoms with van der Waals surface area (Å²) in [4.78, 5) is 26.6. The van der Waals surface area contributed by atoms with Crippen LogP contribution in [-0.2, 0) is 20.9 Å². The largest absolute Gasteiger partial charge is 0.464 e. The number of nitrogens with zero attached hydrogens (tertiary/aromatic N) is 1. The van der Waals surface area contributed by atoms with Gasteiger partial charge < -0.3 is 19.4 Å². The molecule has 2 atom stereocenters. The molecule has 6 nitrogen and oxygen atoms in total. The molecular formula is C19H22N2O4. The number of carbonyl (C=O) groups is 2. The van der Waals surface area contributed by atoms with Gasteiger partial charge in [-0.05, 0) is 31.5 Å². The minimum Gasteiger partial charge on any atom is -0.464 e. The molecule has 1 saturated heterocycles. The van der Waals surface area contributed by atoms with Gasteiger partial charge in [0.05, 0.1) is 12.6 Å². The number of carbonyl (C=O) groups excluding carboxylic acids is 2. The van der Waals surface area contributed by atoms with Crippen LogP contribution in [0.15, 0.2) is 46.9 Å². The quantitative estimate of drug-likeness (QED) is 0.904. The average Bonchev–Trinajstić information content (AvgIpc) is 3.04. The summed E-state index contributed by atoms with van der Waals surface area (Å²) in [6.07, 6.45) is 0. The van der Waals surface area contributed by atoms with E-state index in [0.29, 0.717) is 12.3 Å². The number of rotatable bonds is 5. The number of hydrogen-bond donors (Lipinski definition) is 1. The standard InChI is InChI=1S/C19H22N2O4/c1-13-8-9-17(25-13)14(2)20-19(23)16-11-24-12-18(22)21(16)10-15-6-4-3-5-7-15/h3-9,14,16H,10-12H2,1-2H3,(H,20,23)/t14-,16+/m0/s1. The van der Waals surface area contributed by atoms with E-state index in [4.69, 9.17) is 9.15 Å². The van der Waals surface area contributed by atoms with Crippen LogP contribution in [0.1, 0.15) is 30.0 Å². The zero-order valence-corrected chi connectivity index (χ0v) is 14.4. The summed E-state index contributed by atoms with van der Waals surface area (Å²) >= 11 is 0. The predicted octanol–water partition coefficient (Wildman–Crippen LogP) is 2.19. The minimum atomic E-state index is -0.653. The first-order valence-corrected chi connectivity index (χ1v) is 8.32. The second-order valence-electron chi connectivity index (χ2n) is 6.22. The molecule has 1 aliphatic heterocycles. The van der Waals surface area contributed by atoms with Crippen molar-refractivity contribution in [2.24, 2.45) is 0 Å². The Labute approximate surface area is 146 Å². The normalized spacial score (nSPS) is 18.9. The lowest BCUT2D eigenvalue weighted by atomic mass is 10.1. The number of morpholine rings is 1. The van der Waals surface area contributed by atoms with Crippen molar-refractivity contribution in [1.82, 2.24) is 10.2 Å². The molecule has 0 saturated carbocycles. The average molecular weight is 342 g/mol. The molecule has 3 rings (SSSR count). The van der Waals surface area contributed by atoms with Gasteiger partial charge in [-0.25, -0.2) is 0 Å². The van der Waals surface area contributed by atoms with Crippen LogP contribution < -0.4 is 5.32 Å². The lowest BCUT2D eigenvalue weighted by Gasteiger charge is -2.35. The van der Waals surface area contributed by atoms with E-state index in [2.05, 4.69) is 5.32 Å². The molecule has 0 spiro atoms. The fraction of sp³-hybridized carbons (Fsp3) is 0.368. The van der Waals surface area contributed by atoms with E-state index in [-0.39, 0.29) is 31.1 Å². The van der Waals surface area contributed by atoms with Crippen molar-refractivity contribution in [3.05, 3.63) is 59.5 Å². The number of nitrogens with one attached hydrogen (secondary N) is 1. The number of amides is 2. The first-order chi connectivity index (χ1) is 12.0. The first kappa shape index (κ1) is 17.2. The molecular weight excluding hydrogens is 320 g/mol. The molecule has 2 aromatic rings. The van der Waals surface area contributed by atoms with E-state index in [1.54, 1.807) is 4.90 Å². The Morgan fingerprint density at radius 3 is 2.72 bits per heavy atom. The summed E-state index contributed by atoms with van der Waals surface area (Å²) in [5, 5.41) is 2.91. The Bertz CT molecular complexity index is 741. The van der Waals surface area contributed by atoms with Crippen molar-refractivity contribution in [1.29, 1.82) is 0 Å². The maximum Gasteiger partial charge on any atom is 0.249 e. The molecule has 2 amide bonds. The first-order valence-electron chi connectivity index (χ1n) is 8.32. The van der Waals surface area contributed by atoms with Gasteiger partial charge in [-0.1, -0.05) is 30.3 Å². The molecule has 0 aliphatic carbocycles. The maximum absolute atomic E-state index is 12.7. The Hall–Kier alpha value is -2.60. The van der Waals surface area contributed by atoms with Crippen molar-refractivity contribution in [2.45, 2.75) is 32.5 Å². The number of ether oxygens (including phenoxy) is 1. The Morgan fingerprint density at radius 1 is 1.28 bits per heavy atom. The van der Waals surface area contributed by atoms with E-state index >= 15 is 0 Å². The highest BCUT2D eigenvalue weighted by molar-refractivity contribution is 5.89. The molecule has 25 heavy (non-hydrogen) atoms. The summed E-state index contributed by atoms with van der Waals surface area (Å²) in [5.41, 5.74) is 0.977. The number of furan rings is 1. The molecule has 2 heterocycles. The van der Waals surface area contributed by atoms with Crippen molar-refractivity contribution < 1.29 is 18.7 Å². The van der Waals surface area contributed by atoms with Gasteiger partial charge in [-0.3, -0.25) is 9.59 Å². The van der Waals surface area contributed by atoms with Crippen LogP contribution in [0, 0.1) is 6.92 Å². The maximum atomic E-state index is 12.7. The molecule has 0 unspecified atom stereocenters. The lowest BCUT2D eigenvalue weighted by Crippen LogP contribution is -2.56. The van der Waals surface area contributed by atoms with Gasteiger partial charge in [0.15, 0.2) is 0 Å². The number of benzene rings is 1. The fourth-order valence-corrected chi connectivity index (χ4v) is 2.87. The third kappa shape index (κ3) is 4.09. The van der Waals surface area contributed by atoms with Crippen LogP contribution in [0.3, 0.4) is 0 Å². The van der Waals surface area contributed by atoms with Gasteiger partial charge >= 0.3 is 0 Å². The minimum absolute atomic E-state index is 0.00352. The van der Waals surface area contributed by atoms with E-state index in [9.17, 15) is 9.59 Å². The molecule has 1 aromatic heterocycles. The molecule has 1 aromatic carbocycles. The monoisotopic (exact) mass is 342 g/mol. The van der Waals surface area contributed by atoms with E-state index in [0.717, 1.165) is 11.3 Å². The number of aryl methyl sites for hydroxylation is 1. The third-order valence-electron chi connectivity index (χ3n) is 4.24. The van der Waals surface area contributed by atoms with Gasteiger partial charge in [0, 0.05) is 6.54 Å². The van der Waals surface area contributed by atoms with Crippen molar-refractivity contribution in [2.75, 3.05) is 13.2 Å².